The molecule has 4 unspecified atom stereocenters. The lowest BCUT2D eigenvalue weighted by Crippen LogP contribution is -2.94. The first-order valence-electron chi connectivity index (χ1n) is 6.33. The van der Waals surface area contributed by atoms with E-state index < -0.39 is 11.8 Å². The second kappa shape index (κ2) is 1.91. The average molecular weight is 299 g/mol. The number of hydrogen-bond donors (Lipinski definition) is 1. The van der Waals surface area contributed by atoms with E-state index in [4.69, 9.17) is 9.47 Å². The van der Waals surface area contributed by atoms with Crippen molar-refractivity contribution >= 4 is 21.9 Å². The molecule has 0 radical (unpaired) electrons. The number of carboxylic acid groups (broad SMARTS) is 1. The second-order valence-electron chi connectivity index (χ2n) is 6.53. The van der Waals surface area contributed by atoms with Crippen LogP contribution in [-0.2, 0) is 14.3 Å². The van der Waals surface area contributed by atoms with Gasteiger partial charge in [-0.05, 0) is 29.6 Å². The maximum absolute atomic E-state index is 11.5. The van der Waals surface area contributed by atoms with Gasteiger partial charge in [-0.1, -0.05) is 15.9 Å². The van der Waals surface area contributed by atoms with Crippen LogP contribution >= 0.6 is 15.9 Å². The SMILES string of the molecule is O=C(O)C12C3[C@@H]4[C@H]1C1[C@H]2[C@@H]3C4(Br)C12OCCO2. The molecule has 1 heterocycles. The molecule has 6 saturated carbocycles. The van der Waals surface area contributed by atoms with Crippen molar-refractivity contribution in [2.45, 2.75) is 10.1 Å². The van der Waals surface area contributed by atoms with Gasteiger partial charge in [0.1, 0.15) is 0 Å². The summed E-state index contributed by atoms with van der Waals surface area (Å²) in [5.74, 6) is 1.36. The highest BCUT2D eigenvalue weighted by atomic mass is 79.9. The molecule has 0 aromatic rings. The van der Waals surface area contributed by atoms with Crippen LogP contribution in [0.4, 0.5) is 0 Å². The minimum atomic E-state index is -0.564. The van der Waals surface area contributed by atoms with Crippen LogP contribution in [0.5, 0.6) is 0 Å². The lowest BCUT2D eigenvalue weighted by atomic mass is 9.13. The van der Waals surface area contributed by atoms with Crippen molar-refractivity contribution in [1.29, 1.82) is 0 Å². The van der Waals surface area contributed by atoms with Crippen LogP contribution in [0.25, 0.3) is 0 Å². The van der Waals surface area contributed by atoms with E-state index in [2.05, 4.69) is 15.9 Å². The van der Waals surface area contributed by atoms with Crippen molar-refractivity contribution in [2.24, 2.45) is 40.9 Å². The highest BCUT2D eigenvalue weighted by molar-refractivity contribution is 9.10. The topological polar surface area (TPSA) is 55.8 Å². The Balaban J connectivity index is 1.59. The lowest BCUT2D eigenvalue weighted by molar-refractivity contribution is -0.421. The summed E-state index contributed by atoms with van der Waals surface area (Å²) in [5.41, 5.74) is -0.365. The highest BCUT2D eigenvalue weighted by Gasteiger charge is 3.10. The fourth-order valence-corrected chi connectivity index (χ4v) is 8.68. The molecule has 1 spiro atoms. The van der Waals surface area contributed by atoms with Crippen LogP contribution in [0.15, 0.2) is 0 Å². The molecule has 0 aromatic carbocycles. The molecule has 8 atom stereocenters. The van der Waals surface area contributed by atoms with Crippen molar-refractivity contribution in [1.82, 2.24) is 0 Å². The van der Waals surface area contributed by atoms with Crippen LogP contribution in [0.3, 0.4) is 0 Å². The van der Waals surface area contributed by atoms with Crippen LogP contribution in [0.2, 0.25) is 0 Å². The molecule has 0 amide bonds. The number of rotatable bonds is 1. The molecule has 7 rings (SSSR count). The first kappa shape index (κ1) is 8.88. The summed E-state index contributed by atoms with van der Waals surface area (Å²) in [7, 11) is 0. The molecule has 4 nitrogen and oxygen atoms in total. The summed E-state index contributed by atoms with van der Waals surface area (Å²) in [6.07, 6.45) is 0. The quantitative estimate of drug-likeness (QED) is 0.724. The Bertz CT molecular complexity index is 491. The first-order chi connectivity index (χ1) is 8.13. The predicted molar refractivity (Wildman–Crippen MR) is 57.3 cm³/mol. The number of carbonyl (C=O) groups is 1. The largest absolute Gasteiger partial charge is 0.481 e. The van der Waals surface area contributed by atoms with Crippen molar-refractivity contribution < 1.29 is 19.4 Å². The van der Waals surface area contributed by atoms with E-state index in [1.165, 1.54) is 0 Å². The number of carboxylic acids is 1. The average Bonchev–Trinajstić information content (AvgIpc) is 2.78. The van der Waals surface area contributed by atoms with E-state index in [0.717, 1.165) is 0 Å². The molecule has 1 N–H and O–H groups in total. The summed E-state index contributed by atoms with van der Waals surface area (Å²) < 4.78 is 11.9. The van der Waals surface area contributed by atoms with Crippen LogP contribution < -0.4 is 0 Å². The van der Waals surface area contributed by atoms with Crippen molar-refractivity contribution in [3.8, 4) is 0 Å². The summed E-state index contributed by atoms with van der Waals surface area (Å²) >= 11 is 3.90. The molecule has 5 heteroatoms. The van der Waals surface area contributed by atoms with Gasteiger partial charge in [0.2, 0.25) is 0 Å². The fourth-order valence-electron chi connectivity index (χ4n) is 7.05. The Hall–Kier alpha value is -0.130. The Morgan fingerprint density at radius 1 is 1.06 bits per heavy atom. The molecule has 1 aliphatic heterocycles. The maximum atomic E-state index is 11.5. The van der Waals surface area contributed by atoms with Gasteiger partial charge in [0, 0.05) is 5.92 Å². The summed E-state index contributed by atoms with van der Waals surface area (Å²) in [5, 5.41) is 9.51. The monoisotopic (exact) mass is 298 g/mol. The Kier molecular flexibility index (Phi) is 0.998. The molecule has 90 valence electrons. The third-order valence-corrected chi connectivity index (χ3v) is 8.62. The smallest absolute Gasteiger partial charge is 0.310 e. The Morgan fingerprint density at radius 2 is 1.59 bits per heavy atom. The van der Waals surface area contributed by atoms with E-state index >= 15 is 0 Å². The molecular weight excluding hydrogens is 288 g/mol. The zero-order valence-electron chi connectivity index (χ0n) is 8.93. The van der Waals surface area contributed by atoms with E-state index in [1.807, 2.05) is 0 Å². The van der Waals surface area contributed by atoms with Gasteiger partial charge in [0.25, 0.3) is 0 Å². The molecule has 1 saturated heterocycles. The first-order valence-corrected chi connectivity index (χ1v) is 7.13. The van der Waals surface area contributed by atoms with Gasteiger partial charge >= 0.3 is 5.97 Å². The number of hydrogen-bond acceptors (Lipinski definition) is 3. The normalized spacial score (nSPS) is 73.5. The molecule has 0 aromatic heterocycles. The van der Waals surface area contributed by atoms with E-state index in [0.29, 0.717) is 48.7 Å². The summed E-state index contributed by atoms with van der Waals surface area (Å²) in [4.78, 5) is 11.5. The van der Waals surface area contributed by atoms with Gasteiger partial charge in [-0.3, -0.25) is 4.79 Å². The number of aliphatic carboxylic acids is 1. The minimum Gasteiger partial charge on any atom is -0.481 e. The molecule has 2 bridgehead atoms. The lowest BCUT2D eigenvalue weighted by Gasteiger charge is -2.89. The minimum absolute atomic E-state index is 0.0433. The van der Waals surface area contributed by atoms with Crippen LogP contribution in [0.1, 0.15) is 0 Å². The van der Waals surface area contributed by atoms with Crippen LogP contribution in [0, 0.1) is 40.9 Å². The zero-order valence-corrected chi connectivity index (χ0v) is 10.5. The molecule has 7 fully saturated rings. The van der Waals surface area contributed by atoms with Crippen molar-refractivity contribution in [3.63, 3.8) is 0 Å². The van der Waals surface area contributed by atoms with Crippen molar-refractivity contribution in [3.05, 3.63) is 0 Å². The summed E-state index contributed by atoms with van der Waals surface area (Å²) in [6, 6.07) is 0. The predicted octanol–water partition coefficient (Wildman–Crippen LogP) is 0.699. The van der Waals surface area contributed by atoms with Gasteiger partial charge in [-0.25, -0.2) is 0 Å². The van der Waals surface area contributed by atoms with Gasteiger partial charge in [0.15, 0.2) is 5.79 Å². The molecule has 6 aliphatic carbocycles. The molecule has 17 heavy (non-hydrogen) atoms. The van der Waals surface area contributed by atoms with Crippen molar-refractivity contribution in [2.75, 3.05) is 13.2 Å². The van der Waals surface area contributed by atoms with Crippen LogP contribution in [-0.4, -0.2) is 34.4 Å². The third kappa shape index (κ3) is 0.434. The summed E-state index contributed by atoms with van der Waals surface area (Å²) in [6.45, 7) is 1.32. The standard InChI is InChI=1S/C12H11BrO4/c13-11-6-3-7(11)5-8(12(11)16-1-2-17-12)4(6)10(3,5)9(14)15/h3-8H,1-2H2,(H,14,15)/t3?,4-,5+,6-,7-,8?,10?,11?/m1/s1. The number of ether oxygens (including phenoxy) is 2. The molecular formula is C12H11BrO4. The van der Waals surface area contributed by atoms with E-state index in [9.17, 15) is 9.90 Å². The number of alkyl halides is 1. The second-order valence-corrected chi connectivity index (χ2v) is 7.84. The zero-order chi connectivity index (χ0) is 11.4. The van der Waals surface area contributed by atoms with Gasteiger partial charge in [-0.2, -0.15) is 0 Å². The van der Waals surface area contributed by atoms with Gasteiger partial charge < -0.3 is 14.6 Å². The van der Waals surface area contributed by atoms with E-state index in [-0.39, 0.29) is 9.74 Å². The Morgan fingerprint density at radius 3 is 2.12 bits per heavy atom. The van der Waals surface area contributed by atoms with E-state index in [1.54, 1.807) is 0 Å². The van der Waals surface area contributed by atoms with Gasteiger partial charge in [-0.15, -0.1) is 0 Å². The highest BCUT2D eigenvalue weighted by Crippen LogP contribution is 3.04. The third-order valence-electron chi connectivity index (χ3n) is 7.01. The van der Waals surface area contributed by atoms with Gasteiger partial charge in [0.05, 0.1) is 23.0 Å². The maximum Gasteiger partial charge on any atom is 0.310 e. The fraction of sp³-hybridized carbons (Fsp3) is 0.917. The molecule has 7 aliphatic rings. The Labute approximate surface area is 106 Å². The number of halogens is 1.